The van der Waals surface area contributed by atoms with Crippen molar-refractivity contribution in [2.75, 3.05) is 13.2 Å². The second-order valence-electron chi connectivity index (χ2n) is 7.75. The van der Waals surface area contributed by atoms with Crippen LogP contribution in [0, 0.1) is 5.92 Å². The highest BCUT2D eigenvalue weighted by atomic mass is 35.5. The summed E-state index contributed by atoms with van der Waals surface area (Å²) in [6.07, 6.45) is 3.79. The van der Waals surface area contributed by atoms with Crippen molar-refractivity contribution in [1.82, 2.24) is 10.2 Å². The zero-order valence-corrected chi connectivity index (χ0v) is 16.5. The molecule has 0 bridgehead atoms. The van der Waals surface area contributed by atoms with Gasteiger partial charge in [0.2, 0.25) is 11.8 Å². The standard InChI is InChI=1S/C20H25N3O4.ClH/c21-20(9-5-13-3-1-2-4-16(13)20)10-6-15-17(24)22-19(26)23(18(15)25)14-7-11-27-12-8-14;/h1-4,14-15H,5-12,21H2,(H,22,24,26);1H/t15?,20-;/m1./s1. The summed E-state index contributed by atoms with van der Waals surface area (Å²) >= 11 is 0. The molecule has 1 aromatic rings. The van der Waals surface area contributed by atoms with E-state index in [-0.39, 0.29) is 18.4 Å². The first-order valence-electron chi connectivity index (χ1n) is 9.62. The van der Waals surface area contributed by atoms with Gasteiger partial charge in [0.05, 0.1) is 0 Å². The Morgan fingerprint density at radius 1 is 1.18 bits per heavy atom. The summed E-state index contributed by atoms with van der Waals surface area (Å²) in [5, 5.41) is 2.36. The number of nitrogens with one attached hydrogen (secondary N) is 1. The number of imide groups is 2. The minimum absolute atomic E-state index is 0. The van der Waals surface area contributed by atoms with E-state index in [4.69, 9.17) is 10.5 Å². The number of rotatable bonds is 4. The quantitative estimate of drug-likeness (QED) is 0.742. The van der Waals surface area contributed by atoms with E-state index in [2.05, 4.69) is 11.4 Å². The van der Waals surface area contributed by atoms with Crippen LogP contribution in [0.3, 0.4) is 0 Å². The fraction of sp³-hybridized carbons (Fsp3) is 0.550. The fourth-order valence-corrected chi connectivity index (χ4v) is 4.55. The predicted octanol–water partition coefficient (Wildman–Crippen LogP) is 1.86. The van der Waals surface area contributed by atoms with Gasteiger partial charge in [0, 0.05) is 24.8 Å². The molecule has 0 spiro atoms. The molecule has 0 radical (unpaired) electrons. The third-order valence-corrected chi connectivity index (χ3v) is 6.13. The fourth-order valence-electron chi connectivity index (χ4n) is 4.55. The first-order valence-corrected chi connectivity index (χ1v) is 9.62. The van der Waals surface area contributed by atoms with Crippen molar-refractivity contribution in [2.45, 2.75) is 50.1 Å². The van der Waals surface area contributed by atoms with E-state index >= 15 is 0 Å². The van der Waals surface area contributed by atoms with E-state index in [0.29, 0.717) is 38.9 Å². The number of ether oxygens (including phenoxy) is 1. The van der Waals surface area contributed by atoms with Gasteiger partial charge in [-0.05, 0) is 49.7 Å². The normalized spacial score (nSPS) is 28.0. The molecule has 0 saturated carbocycles. The number of barbiturate groups is 1. The van der Waals surface area contributed by atoms with Gasteiger partial charge in [0.15, 0.2) is 0 Å². The van der Waals surface area contributed by atoms with Crippen LogP contribution in [0.1, 0.15) is 43.2 Å². The second kappa shape index (κ2) is 8.19. The molecule has 1 aromatic carbocycles. The van der Waals surface area contributed by atoms with Gasteiger partial charge < -0.3 is 10.5 Å². The van der Waals surface area contributed by atoms with Crippen LogP contribution in [-0.4, -0.2) is 42.0 Å². The molecule has 2 atom stereocenters. The summed E-state index contributed by atoms with van der Waals surface area (Å²) < 4.78 is 5.32. The summed E-state index contributed by atoms with van der Waals surface area (Å²) in [7, 11) is 0. The van der Waals surface area contributed by atoms with Crippen LogP contribution in [0.5, 0.6) is 0 Å². The van der Waals surface area contributed by atoms with Gasteiger partial charge in [-0.25, -0.2) is 4.79 Å². The Bertz CT molecular complexity index is 780. The van der Waals surface area contributed by atoms with Crippen LogP contribution in [-0.2, 0) is 26.3 Å². The van der Waals surface area contributed by atoms with Gasteiger partial charge in [-0.15, -0.1) is 12.4 Å². The average molecular weight is 408 g/mol. The molecule has 8 heteroatoms. The van der Waals surface area contributed by atoms with Crippen LogP contribution in [0.25, 0.3) is 0 Å². The van der Waals surface area contributed by atoms with Crippen molar-refractivity contribution in [3.05, 3.63) is 35.4 Å². The summed E-state index contributed by atoms with van der Waals surface area (Å²) in [4.78, 5) is 38.8. The first kappa shape index (κ1) is 20.8. The number of hydrogen-bond acceptors (Lipinski definition) is 5. The van der Waals surface area contributed by atoms with Crippen LogP contribution in [0.4, 0.5) is 4.79 Å². The third-order valence-electron chi connectivity index (χ3n) is 6.13. The molecule has 1 aliphatic carbocycles. The van der Waals surface area contributed by atoms with Gasteiger partial charge in [0.25, 0.3) is 0 Å². The number of urea groups is 1. The maximum absolute atomic E-state index is 13.0. The summed E-state index contributed by atoms with van der Waals surface area (Å²) in [6, 6.07) is 7.26. The number of benzene rings is 1. The lowest BCUT2D eigenvalue weighted by Crippen LogP contribution is -2.61. The number of aryl methyl sites for hydroxylation is 1. The van der Waals surface area contributed by atoms with Crippen molar-refractivity contribution in [1.29, 1.82) is 0 Å². The highest BCUT2D eigenvalue weighted by Gasteiger charge is 2.45. The zero-order valence-electron chi connectivity index (χ0n) is 15.7. The van der Waals surface area contributed by atoms with E-state index in [0.717, 1.165) is 18.4 Å². The second-order valence-corrected chi connectivity index (χ2v) is 7.75. The van der Waals surface area contributed by atoms with Gasteiger partial charge in [0.1, 0.15) is 5.92 Å². The summed E-state index contributed by atoms with van der Waals surface area (Å²) in [6.45, 7) is 1.03. The Balaban J connectivity index is 0.00000225. The number of nitrogens with zero attached hydrogens (tertiary/aromatic N) is 1. The molecule has 1 unspecified atom stereocenters. The minimum atomic E-state index is -0.862. The van der Waals surface area contributed by atoms with E-state index in [1.807, 2.05) is 18.2 Å². The van der Waals surface area contributed by atoms with E-state index in [9.17, 15) is 14.4 Å². The Hall–Kier alpha value is -1.96. The Morgan fingerprint density at radius 3 is 2.64 bits per heavy atom. The lowest BCUT2D eigenvalue weighted by Gasteiger charge is -2.38. The molecular formula is C20H26ClN3O4. The van der Waals surface area contributed by atoms with Crippen molar-refractivity contribution >= 4 is 30.3 Å². The number of nitrogens with two attached hydrogens (primary N) is 1. The number of fused-ring (bicyclic) bond motifs is 1. The Kier molecular flexibility index (Phi) is 6.07. The molecule has 7 nitrogen and oxygen atoms in total. The van der Waals surface area contributed by atoms with E-state index < -0.39 is 29.3 Å². The molecule has 2 aliphatic heterocycles. The van der Waals surface area contributed by atoms with Crippen LogP contribution in [0.2, 0.25) is 0 Å². The molecule has 0 aromatic heterocycles. The molecule has 3 N–H and O–H groups in total. The maximum Gasteiger partial charge on any atom is 0.331 e. The van der Waals surface area contributed by atoms with Gasteiger partial charge in [-0.3, -0.25) is 19.8 Å². The summed E-state index contributed by atoms with van der Waals surface area (Å²) in [5.74, 6) is -1.77. The predicted molar refractivity (Wildman–Crippen MR) is 105 cm³/mol. The molecule has 2 heterocycles. The van der Waals surface area contributed by atoms with Crippen molar-refractivity contribution in [3.63, 3.8) is 0 Å². The van der Waals surface area contributed by atoms with Crippen LogP contribution < -0.4 is 11.1 Å². The minimum Gasteiger partial charge on any atom is -0.381 e. The van der Waals surface area contributed by atoms with Crippen molar-refractivity contribution in [2.24, 2.45) is 11.7 Å². The molecular weight excluding hydrogens is 382 g/mol. The maximum atomic E-state index is 13.0. The molecule has 152 valence electrons. The molecule has 4 rings (SSSR count). The van der Waals surface area contributed by atoms with Gasteiger partial charge in [-0.2, -0.15) is 0 Å². The first-order chi connectivity index (χ1) is 13.0. The highest BCUT2D eigenvalue weighted by molar-refractivity contribution is 6.16. The monoisotopic (exact) mass is 407 g/mol. The van der Waals surface area contributed by atoms with E-state index in [1.165, 1.54) is 10.5 Å². The van der Waals surface area contributed by atoms with Crippen molar-refractivity contribution in [3.8, 4) is 0 Å². The molecule has 28 heavy (non-hydrogen) atoms. The lowest BCUT2D eigenvalue weighted by atomic mass is 9.84. The van der Waals surface area contributed by atoms with Gasteiger partial charge in [-0.1, -0.05) is 24.3 Å². The zero-order chi connectivity index (χ0) is 19.0. The Labute approximate surface area is 170 Å². The lowest BCUT2D eigenvalue weighted by molar-refractivity contribution is -0.145. The van der Waals surface area contributed by atoms with Crippen molar-refractivity contribution < 1.29 is 19.1 Å². The highest BCUT2D eigenvalue weighted by Crippen LogP contribution is 2.39. The SMILES string of the molecule is Cl.N[C@@]1(CCC2C(=O)NC(=O)N(C3CCOCC3)C2=O)CCc2ccccc21. The molecule has 3 aliphatic rings. The number of carbonyl (C=O) groups is 3. The number of carbonyl (C=O) groups excluding carboxylic acids is 3. The van der Waals surface area contributed by atoms with E-state index in [1.54, 1.807) is 0 Å². The van der Waals surface area contributed by atoms with Crippen LogP contribution >= 0.6 is 12.4 Å². The average Bonchev–Trinajstić information content (AvgIpc) is 3.00. The topological polar surface area (TPSA) is 102 Å². The number of hydrogen-bond donors (Lipinski definition) is 2. The number of halogens is 1. The third kappa shape index (κ3) is 3.66. The number of amides is 4. The smallest absolute Gasteiger partial charge is 0.331 e. The largest absolute Gasteiger partial charge is 0.381 e. The Morgan fingerprint density at radius 2 is 1.89 bits per heavy atom. The van der Waals surface area contributed by atoms with Gasteiger partial charge >= 0.3 is 6.03 Å². The molecule has 2 saturated heterocycles. The van der Waals surface area contributed by atoms with Crippen LogP contribution in [0.15, 0.2) is 24.3 Å². The molecule has 2 fully saturated rings. The summed E-state index contributed by atoms with van der Waals surface area (Å²) in [5.41, 5.74) is 8.46. The molecule has 4 amide bonds.